The lowest BCUT2D eigenvalue weighted by Crippen LogP contribution is -2.25. The molecule has 9 nitrogen and oxygen atoms in total. The van der Waals surface area contributed by atoms with Crippen LogP contribution in [0, 0.1) is 0 Å². The van der Waals surface area contributed by atoms with Gasteiger partial charge in [-0.2, -0.15) is 0 Å². The zero-order valence-electron chi connectivity index (χ0n) is 24.4. The van der Waals surface area contributed by atoms with Gasteiger partial charge in [-0.1, -0.05) is 12.1 Å². The van der Waals surface area contributed by atoms with Crippen LogP contribution in [0.1, 0.15) is 34.1 Å². The number of phenols is 4. The van der Waals surface area contributed by atoms with E-state index in [0.29, 0.717) is 43.1 Å². The zero-order valence-corrected chi connectivity index (χ0v) is 27.6. The molecule has 4 rings (SSSR count). The molecule has 0 saturated heterocycles. The summed E-state index contributed by atoms with van der Waals surface area (Å²) in [7, 11) is 6.07. The molecule has 4 aromatic rings. The van der Waals surface area contributed by atoms with Crippen molar-refractivity contribution in [2.45, 2.75) is 24.7 Å². The normalized spacial score (nSPS) is 12.3. The largest absolute Gasteiger partial charge is 0.508 e. The molecular formula is C33H32Br2O9. The summed E-state index contributed by atoms with van der Waals surface area (Å²) >= 11 is 7.02. The van der Waals surface area contributed by atoms with Gasteiger partial charge in [0.25, 0.3) is 0 Å². The minimum atomic E-state index is -0.998. The van der Waals surface area contributed by atoms with E-state index in [1.807, 2.05) is 0 Å². The van der Waals surface area contributed by atoms with Crippen LogP contribution in [0.3, 0.4) is 0 Å². The van der Waals surface area contributed by atoms with Crippen LogP contribution in [0.5, 0.6) is 46.0 Å². The Bertz CT molecular complexity index is 1550. The van der Waals surface area contributed by atoms with Crippen molar-refractivity contribution in [1.82, 2.24) is 0 Å². The van der Waals surface area contributed by atoms with Crippen molar-refractivity contribution in [3.8, 4) is 46.0 Å². The molecule has 0 spiro atoms. The van der Waals surface area contributed by atoms with Gasteiger partial charge in [-0.05, 0) is 81.1 Å². The van der Waals surface area contributed by atoms with Gasteiger partial charge >= 0.3 is 0 Å². The number of hydrogen-bond donors (Lipinski definition) is 4. The lowest BCUT2D eigenvalue weighted by Gasteiger charge is -2.26. The highest BCUT2D eigenvalue weighted by Gasteiger charge is 2.35. The summed E-state index contributed by atoms with van der Waals surface area (Å²) in [6.07, 6.45) is 0.120. The summed E-state index contributed by atoms with van der Waals surface area (Å²) in [5.74, 6) is -1.26. The third-order valence-electron chi connectivity index (χ3n) is 7.38. The van der Waals surface area contributed by atoms with Gasteiger partial charge in [-0.25, -0.2) is 0 Å². The fourth-order valence-electron chi connectivity index (χ4n) is 5.31. The Morgan fingerprint density at radius 2 is 1.00 bits per heavy atom. The van der Waals surface area contributed by atoms with E-state index in [9.17, 15) is 25.2 Å². The number of ether oxygens (including phenoxy) is 4. The van der Waals surface area contributed by atoms with Crippen LogP contribution < -0.4 is 18.9 Å². The molecular weight excluding hydrogens is 700 g/mol. The van der Waals surface area contributed by atoms with Crippen molar-refractivity contribution in [1.29, 1.82) is 0 Å². The standard InChI is InChI=1S/C33H32Br2O9/c1-41-21-9-17(32(43-3)27(34)15-21)11-25(23-7-5-19(36)13-29(23)38)31(40)26(24-8-6-20(37)14-30(24)39)12-18-10-22(42-2)16-28(35)33(18)44-4/h5-10,13-16,25-26,36-39H,11-12H2,1-4H3. The Hall–Kier alpha value is -4.09. The molecule has 2 atom stereocenters. The van der Waals surface area contributed by atoms with Gasteiger partial charge in [-0.15, -0.1) is 0 Å². The number of aromatic hydroxyl groups is 4. The molecule has 4 aromatic carbocycles. The molecule has 0 radical (unpaired) electrons. The minimum absolute atomic E-state index is 0.0599. The highest BCUT2D eigenvalue weighted by molar-refractivity contribution is 9.11. The van der Waals surface area contributed by atoms with Gasteiger partial charge in [0.1, 0.15) is 51.8 Å². The fourth-order valence-corrected chi connectivity index (χ4v) is 6.59. The minimum Gasteiger partial charge on any atom is -0.508 e. The second-order valence-corrected chi connectivity index (χ2v) is 11.7. The summed E-state index contributed by atoms with van der Waals surface area (Å²) in [6, 6.07) is 15.1. The van der Waals surface area contributed by atoms with Crippen molar-refractivity contribution in [3.63, 3.8) is 0 Å². The molecule has 0 aromatic heterocycles. The number of hydrogen-bond acceptors (Lipinski definition) is 9. The molecule has 0 aliphatic carbocycles. The number of halogens is 2. The maximum Gasteiger partial charge on any atom is 0.148 e. The molecule has 0 fully saturated rings. The number of benzene rings is 4. The monoisotopic (exact) mass is 730 g/mol. The highest BCUT2D eigenvalue weighted by Crippen LogP contribution is 2.44. The molecule has 2 unspecified atom stereocenters. The van der Waals surface area contributed by atoms with Gasteiger partial charge in [-0.3, -0.25) is 4.79 Å². The Labute approximate surface area is 271 Å². The quantitative estimate of drug-likeness (QED) is 0.122. The fraction of sp³-hybridized carbons (Fsp3) is 0.242. The first-order valence-electron chi connectivity index (χ1n) is 13.4. The van der Waals surface area contributed by atoms with Gasteiger partial charge in [0.15, 0.2) is 0 Å². The van der Waals surface area contributed by atoms with Crippen molar-refractivity contribution < 1.29 is 44.2 Å². The van der Waals surface area contributed by atoms with E-state index in [4.69, 9.17) is 18.9 Å². The molecule has 232 valence electrons. The first-order chi connectivity index (χ1) is 21.0. The highest BCUT2D eigenvalue weighted by atomic mass is 79.9. The van der Waals surface area contributed by atoms with Crippen LogP contribution in [0.4, 0.5) is 0 Å². The molecule has 11 heteroatoms. The van der Waals surface area contributed by atoms with E-state index >= 15 is 0 Å². The predicted octanol–water partition coefficient (Wildman–Crippen LogP) is 6.99. The van der Waals surface area contributed by atoms with E-state index in [0.717, 1.165) is 0 Å². The van der Waals surface area contributed by atoms with E-state index < -0.39 is 11.8 Å². The molecule has 0 amide bonds. The predicted molar refractivity (Wildman–Crippen MR) is 172 cm³/mol. The Morgan fingerprint density at radius 1 is 0.614 bits per heavy atom. The van der Waals surface area contributed by atoms with E-state index in [2.05, 4.69) is 31.9 Å². The molecule has 4 N–H and O–H groups in total. The van der Waals surface area contributed by atoms with Crippen LogP contribution >= 0.6 is 31.9 Å². The first kappa shape index (κ1) is 32.8. The number of methoxy groups -OCH3 is 4. The van der Waals surface area contributed by atoms with Crippen molar-refractivity contribution in [3.05, 3.63) is 91.9 Å². The van der Waals surface area contributed by atoms with Gasteiger partial charge < -0.3 is 39.4 Å². The molecule has 0 bridgehead atoms. The molecule has 0 heterocycles. The van der Waals surface area contributed by atoms with Gasteiger partial charge in [0.05, 0.1) is 49.2 Å². The lowest BCUT2D eigenvalue weighted by molar-refractivity contribution is -0.122. The van der Waals surface area contributed by atoms with Crippen LogP contribution in [0.25, 0.3) is 0 Å². The van der Waals surface area contributed by atoms with Crippen LogP contribution in [-0.4, -0.2) is 54.6 Å². The van der Waals surface area contributed by atoms with Crippen molar-refractivity contribution in [2.75, 3.05) is 28.4 Å². The number of Topliss-reactive ketones (excluding diaryl/α,β-unsaturated/α-hetero) is 1. The molecule has 0 aliphatic heterocycles. The average Bonchev–Trinajstić information content (AvgIpc) is 2.98. The Balaban J connectivity index is 1.94. The second kappa shape index (κ2) is 14.1. The Morgan fingerprint density at radius 3 is 1.32 bits per heavy atom. The summed E-state index contributed by atoms with van der Waals surface area (Å²) < 4.78 is 23.5. The Kier molecular flexibility index (Phi) is 10.5. The lowest BCUT2D eigenvalue weighted by atomic mass is 9.77. The number of ketones is 1. The van der Waals surface area contributed by atoms with Crippen molar-refractivity contribution in [2.24, 2.45) is 0 Å². The summed E-state index contributed by atoms with van der Waals surface area (Å²) in [4.78, 5) is 14.9. The molecule has 0 aliphatic rings. The third kappa shape index (κ3) is 7.00. The third-order valence-corrected chi connectivity index (χ3v) is 8.56. The average molecular weight is 732 g/mol. The van der Waals surface area contributed by atoms with Crippen LogP contribution in [0.2, 0.25) is 0 Å². The number of phenolic OH excluding ortho intramolecular Hbond substituents is 4. The first-order valence-corrected chi connectivity index (χ1v) is 15.0. The number of rotatable bonds is 12. The zero-order chi connectivity index (χ0) is 32.1. The smallest absolute Gasteiger partial charge is 0.148 e. The second-order valence-electron chi connectivity index (χ2n) is 10.0. The molecule has 44 heavy (non-hydrogen) atoms. The SMILES string of the molecule is COc1cc(Br)c(OC)c(CC(C(=O)C(Cc2cc(OC)cc(Br)c2OC)c2ccc(O)cc2O)c2ccc(O)cc2O)c1. The topological polar surface area (TPSA) is 135 Å². The molecule has 0 saturated carbocycles. The number of carbonyl (C=O) groups is 1. The van der Waals surface area contributed by atoms with Crippen LogP contribution in [-0.2, 0) is 17.6 Å². The maximum absolute atomic E-state index is 14.9. The van der Waals surface area contributed by atoms with E-state index in [-0.39, 0.29) is 52.7 Å². The summed E-state index contributed by atoms with van der Waals surface area (Å²) in [5, 5.41) is 42.1. The summed E-state index contributed by atoms with van der Waals surface area (Å²) in [5.41, 5.74) is 1.74. The van der Waals surface area contributed by atoms with Gasteiger partial charge in [0.2, 0.25) is 0 Å². The van der Waals surface area contributed by atoms with E-state index in [1.165, 1.54) is 64.8 Å². The van der Waals surface area contributed by atoms with Crippen LogP contribution in [0.15, 0.2) is 69.6 Å². The van der Waals surface area contributed by atoms with E-state index in [1.54, 1.807) is 24.3 Å². The van der Waals surface area contributed by atoms with Crippen molar-refractivity contribution >= 4 is 37.6 Å². The number of carbonyl (C=O) groups excluding carboxylic acids is 1. The van der Waals surface area contributed by atoms with Gasteiger partial charge in [0, 0.05) is 34.4 Å². The summed E-state index contributed by atoms with van der Waals surface area (Å²) in [6.45, 7) is 0. The maximum atomic E-state index is 14.9.